The Morgan fingerprint density at radius 3 is 2.81 bits per heavy atom. The van der Waals surface area contributed by atoms with Crippen molar-refractivity contribution in [3.05, 3.63) is 27.5 Å². The predicted molar refractivity (Wildman–Crippen MR) is 72.4 cm³/mol. The Morgan fingerprint density at radius 1 is 1.38 bits per heavy atom. The molecule has 0 radical (unpaired) electrons. The third-order valence-corrected chi connectivity index (χ3v) is 4.42. The van der Waals surface area contributed by atoms with Crippen LogP contribution in [0, 0.1) is 0 Å². The minimum Gasteiger partial charge on any atom is -0.310 e. The molecule has 0 aliphatic rings. The highest BCUT2D eigenvalue weighted by atomic mass is 35.5. The van der Waals surface area contributed by atoms with Gasteiger partial charge < -0.3 is 5.32 Å². The summed E-state index contributed by atoms with van der Waals surface area (Å²) in [6, 6.07) is 4.43. The largest absolute Gasteiger partial charge is 0.310 e. The zero-order chi connectivity index (χ0) is 11.5. The van der Waals surface area contributed by atoms with Gasteiger partial charge in [0.15, 0.2) is 0 Å². The van der Waals surface area contributed by atoms with E-state index in [1.165, 1.54) is 4.88 Å². The van der Waals surface area contributed by atoms with Crippen molar-refractivity contribution < 1.29 is 0 Å². The number of thiophene rings is 1. The van der Waals surface area contributed by atoms with E-state index in [-0.39, 0.29) is 0 Å². The molecular formula is C11H13ClN2S2. The Bertz CT molecular complexity index is 462. The molecule has 0 amide bonds. The zero-order valence-electron chi connectivity index (χ0n) is 9.16. The van der Waals surface area contributed by atoms with Crippen LogP contribution in [0.15, 0.2) is 18.3 Å². The number of thiazole rings is 1. The molecule has 0 saturated carbocycles. The second-order valence-corrected chi connectivity index (χ2v) is 6.60. The Labute approximate surface area is 108 Å². The highest BCUT2D eigenvalue weighted by Gasteiger charge is 2.07. The van der Waals surface area contributed by atoms with Crippen LogP contribution in [0.25, 0.3) is 9.88 Å². The normalized spacial score (nSPS) is 11.2. The molecule has 2 heterocycles. The molecule has 0 aliphatic heterocycles. The average Bonchev–Trinajstić information content (AvgIpc) is 2.83. The quantitative estimate of drug-likeness (QED) is 0.909. The topological polar surface area (TPSA) is 24.9 Å². The molecule has 0 bridgehead atoms. The van der Waals surface area contributed by atoms with Crippen molar-refractivity contribution in [3.63, 3.8) is 0 Å². The molecule has 0 atom stereocenters. The summed E-state index contributed by atoms with van der Waals surface area (Å²) in [5, 5.41) is 4.43. The van der Waals surface area contributed by atoms with Crippen molar-refractivity contribution in [2.75, 3.05) is 0 Å². The van der Waals surface area contributed by atoms with Crippen molar-refractivity contribution in [2.24, 2.45) is 0 Å². The lowest BCUT2D eigenvalue weighted by molar-refractivity contribution is 0.593. The van der Waals surface area contributed by atoms with Gasteiger partial charge in [0.05, 0.1) is 9.21 Å². The number of nitrogens with zero attached hydrogens (tertiary/aromatic N) is 1. The lowest BCUT2D eigenvalue weighted by Crippen LogP contribution is -2.21. The van der Waals surface area contributed by atoms with Crippen LogP contribution < -0.4 is 5.32 Å². The van der Waals surface area contributed by atoms with Crippen LogP contribution in [-0.2, 0) is 6.54 Å². The summed E-state index contributed by atoms with van der Waals surface area (Å²) in [5.41, 5.74) is 0. The first-order valence-corrected chi connectivity index (χ1v) is 7.10. The van der Waals surface area contributed by atoms with E-state index in [4.69, 9.17) is 11.6 Å². The Hall–Kier alpha value is -0.420. The van der Waals surface area contributed by atoms with Crippen molar-refractivity contribution in [3.8, 4) is 9.88 Å². The molecule has 5 heteroatoms. The summed E-state index contributed by atoms with van der Waals surface area (Å²) in [7, 11) is 0. The van der Waals surface area contributed by atoms with E-state index in [1.54, 1.807) is 22.7 Å². The second-order valence-electron chi connectivity index (χ2n) is 3.77. The third-order valence-electron chi connectivity index (χ3n) is 2.02. The number of hydrogen-bond acceptors (Lipinski definition) is 4. The lowest BCUT2D eigenvalue weighted by atomic mass is 10.4. The first kappa shape index (κ1) is 12.0. The van der Waals surface area contributed by atoms with Crippen LogP contribution in [0.1, 0.15) is 18.7 Å². The molecule has 0 unspecified atom stereocenters. The Kier molecular flexibility index (Phi) is 3.97. The van der Waals surface area contributed by atoms with E-state index in [1.807, 2.05) is 18.3 Å². The first-order chi connectivity index (χ1) is 7.65. The average molecular weight is 273 g/mol. The number of nitrogens with one attached hydrogen (secondary N) is 1. The van der Waals surface area contributed by atoms with E-state index in [2.05, 4.69) is 24.1 Å². The molecule has 2 aromatic heterocycles. The van der Waals surface area contributed by atoms with E-state index in [0.717, 1.165) is 20.8 Å². The summed E-state index contributed by atoms with van der Waals surface area (Å²) in [5.74, 6) is 0. The van der Waals surface area contributed by atoms with Gasteiger partial charge in [-0.05, 0) is 12.1 Å². The van der Waals surface area contributed by atoms with Crippen LogP contribution >= 0.6 is 34.3 Å². The van der Waals surface area contributed by atoms with E-state index >= 15 is 0 Å². The van der Waals surface area contributed by atoms with Crippen molar-refractivity contribution in [2.45, 2.75) is 26.4 Å². The highest BCUT2D eigenvalue weighted by Crippen LogP contribution is 2.33. The van der Waals surface area contributed by atoms with Crippen LogP contribution in [0.3, 0.4) is 0 Å². The minimum atomic E-state index is 0.502. The minimum absolute atomic E-state index is 0.502. The van der Waals surface area contributed by atoms with Crippen LogP contribution in [-0.4, -0.2) is 11.0 Å². The molecule has 1 N–H and O–H groups in total. The van der Waals surface area contributed by atoms with Gasteiger partial charge in [0, 0.05) is 23.7 Å². The molecular weight excluding hydrogens is 260 g/mol. The summed E-state index contributed by atoms with van der Waals surface area (Å²) in [6.07, 6.45) is 1.93. The third kappa shape index (κ3) is 3.04. The molecule has 0 aromatic carbocycles. The number of rotatable bonds is 4. The fourth-order valence-corrected chi connectivity index (χ4v) is 3.21. The molecule has 2 aromatic rings. The van der Waals surface area contributed by atoms with Gasteiger partial charge in [0.25, 0.3) is 0 Å². The lowest BCUT2D eigenvalue weighted by Gasteiger charge is -2.04. The Morgan fingerprint density at radius 2 is 2.19 bits per heavy atom. The monoisotopic (exact) mass is 272 g/mol. The zero-order valence-corrected chi connectivity index (χ0v) is 11.5. The maximum atomic E-state index is 5.90. The van der Waals surface area contributed by atoms with Crippen molar-refractivity contribution in [1.29, 1.82) is 0 Å². The number of aromatic nitrogens is 1. The summed E-state index contributed by atoms with van der Waals surface area (Å²) < 4.78 is 0.812. The molecule has 2 nitrogen and oxygen atoms in total. The van der Waals surface area contributed by atoms with Gasteiger partial charge in [0.2, 0.25) is 0 Å². The van der Waals surface area contributed by atoms with Crippen molar-refractivity contribution >= 4 is 34.3 Å². The summed E-state index contributed by atoms with van der Waals surface area (Å²) >= 11 is 9.19. The van der Waals surface area contributed by atoms with Gasteiger partial charge in [-0.25, -0.2) is 4.98 Å². The first-order valence-electron chi connectivity index (χ1n) is 5.09. The standard InChI is InChI=1S/C11H13ClN2S2/c1-7(2)13-5-8-6-14-11(15-8)9-3-4-10(12)16-9/h3-4,6-7,13H,5H2,1-2H3. The summed E-state index contributed by atoms with van der Waals surface area (Å²) in [6.45, 7) is 5.16. The maximum absolute atomic E-state index is 5.90. The molecule has 0 spiro atoms. The smallest absolute Gasteiger partial charge is 0.133 e. The fourth-order valence-electron chi connectivity index (χ4n) is 1.24. The molecule has 0 aliphatic carbocycles. The highest BCUT2D eigenvalue weighted by molar-refractivity contribution is 7.23. The molecule has 2 rings (SSSR count). The van der Waals surface area contributed by atoms with Crippen LogP contribution in [0.4, 0.5) is 0 Å². The van der Waals surface area contributed by atoms with Gasteiger partial charge in [-0.2, -0.15) is 0 Å². The van der Waals surface area contributed by atoms with Gasteiger partial charge in [-0.3, -0.25) is 0 Å². The van der Waals surface area contributed by atoms with Crippen molar-refractivity contribution in [1.82, 2.24) is 10.3 Å². The maximum Gasteiger partial charge on any atom is 0.133 e. The number of hydrogen-bond donors (Lipinski definition) is 1. The molecule has 16 heavy (non-hydrogen) atoms. The fraction of sp³-hybridized carbons (Fsp3) is 0.364. The molecule has 86 valence electrons. The van der Waals surface area contributed by atoms with E-state index in [9.17, 15) is 0 Å². The predicted octanol–water partition coefficient (Wildman–Crippen LogP) is 4.02. The van der Waals surface area contributed by atoms with Crippen LogP contribution in [0.5, 0.6) is 0 Å². The van der Waals surface area contributed by atoms with E-state index < -0.39 is 0 Å². The van der Waals surface area contributed by atoms with Gasteiger partial charge in [0.1, 0.15) is 5.01 Å². The van der Waals surface area contributed by atoms with Crippen LogP contribution in [0.2, 0.25) is 4.34 Å². The Balaban J connectivity index is 2.07. The second kappa shape index (κ2) is 5.27. The van der Waals surface area contributed by atoms with Gasteiger partial charge >= 0.3 is 0 Å². The number of halogens is 1. The molecule has 0 saturated heterocycles. The summed E-state index contributed by atoms with van der Waals surface area (Å²) in [4.78, 5) is 6.81. The SMILES string of the molecule is CC(C)NCc1cnc(-c2ccc(Cl)s2)s1. The van der Waals surface area contributed by atoms with Gasteiger partial charge in [-0.15, -0.1) is 22.7 Å². The van der Waals surface area contributed by atoms with Gasteiger partial charge in [-0.1, -0.05) is 25.4 Å². The van der Waals surface area contributed by atoms with E-state index in [0.29, 0.717) is 6.04 Å². The molecule has 0 fully saturated rings.